The number of alkyl carbamates (subject to hydrolysis) is 1. The van der Waals surface area contributed by atoms with Crippen LogP contribution < -0.4 is 68.6 Å². The van der Waals surface area contributed by atoms with Crippen LogP contribution in [0.15, 0.2) is 6.33 Å². The minimum absolute atomic E-state index is 0. The van der Waals surface area contributed by atoms with Crippen LogP contribution >= 0.6 is 0 Å². The van der Waals surface area contributed by atoms with Crippen LogP contribution in [0.3, 0.4) is 0 Å². The van der Waals surface area contributed by atoms with E-state index in [2.05, 4.69) is 20.5 Å². The first-order chi connectivity index (χ1) is 6.88. The Morgan fingerprint density at radius 3 is 2.62 bits per heavy atom. The van der Waals surface area contributed by atoms with E-state index in [1.165, 1.54) is 6.33 Å². The van der Waals surface area contributed by atoms with E-state index < -0.39 is 11.7 Å². The molecule has 1 aromatic rings. The molecule has 0 aliphatic rings. The minimum atomic E-state index is -0.505. The SMILES string of the molecule is CC(NC(=O)OC(C)(C)C)c1ncn[n-]1.[Rb+]. The van der Waals surface area contributed by atoms with E-state index >= 15 is 0 Å². The fourth-order valence-corrected chi connectivity index (χ4v) is 0.943. The Bertz CT molecular complexity index is 321. The summed E-state index contributed by atoms with van der Waals surface area (Å²) in [5.74, 6) is 0.473. The van der Waals surface area contributed by atoms with Gasteiger partial charge in [-0.1, -0.05) is 0 Å². The summed E-state index contributed by atoms with van der Waals surface area (Å²) in [4.78, 5) is 15.2. The molecule has 0 saturated heterocycles. The molecular formula is C9H15N4O2Rb. The van der Waals surface area contributed by atoms with Crippen molar-refractivity contribution >= 4 is 6.09 Å². The monoisotopic (exact) mass is 296 g/mol. The van der Waals surface area contributed by atoms with Gasteiger partial charge in [0, 0.05) is 12.4 Å². The molecule has 1 N–H and O–H groups in total. The normalized spacial score (nSPS) is 12.5. The van der Waals surface area contributed by atoms with Crippen LogP contribution in [0.2, 0.25) is 0 Å². The number of nitrogens with zero attached hydrogens (tertiary/aromatic N) is 3. The fraction of sp³-hybridized carbons (Fsp3) is 0.667. The Hall–Kier alpha value is 0.215. The third-order valence-electron chi connectivity index (χ3n) is 1.52. The first kappa shape index (κ1) is 16.2. The van der Waals surface area contributed by atoms with E-state index in [-0.39, 0.29) is 64.2 Å². The maximum Gasteiger partial charge on any atom is 1.00 e. The molecule has 1 aromatic heterocycles. The second-order valence-electron chi connectivity index (χ2n) is 4.19. The Morgan fingerprint density at radius 2 is 2.19 bits per heavy atom. The van der Waals surface area contributed by atoms with Gasteiger partial charge in [0.15, 0.2) is 0 Å². The number of carbonyl (C=O) groups is 1. The van der Waals surface area contributed by atoms with Crippen molar-refractivity contribution in [1.29, 1.82) is 0 Å². The predicted molar refractivity (Wildman–Crippen MR) is 53.1 cm³/mol. The molecule has 16 heavy (non-hydrogen) atoms. The Labute approximate surface area is 144 Å². The smallest absolute Gasteiger partial charge is 0.444 e. The number of aromatic nitrogens is 3. The van der Waals surface area contributed by atoms with E-state index in [1.54, 1.807) is 27.7 Å². The van der Waals surface area contributed by atoms with E-state index in [0.717, 1.165) is 0 Å². The van der Waals surface area contributed by atoms with Gasteiger partial charge in [0.25, 0.3) is 0 Å². The fourth-order valence-electron chi connectivity index (χ4n) is 0.943. The minimum Gasteiger partial charge on any atom is -0.444 e. The Kier molecular flexibility index (Phi) is 6.92. The third-order valence-corrected chi connectivity index (χ3v) is 1.52. The van der Waals surface area contributed by atoms with Crippen LogP contribution in [0.1, 0.15) is 39.6 Å². The van der Waals surface area contributed by atoms with Crippen molar-refractivity contribution < 1.29 is 67.7 Å². The second-order valence-corrected chi connectivity index (χ2v) is 4.19. The molecule has 1 atom stereocenters. The zero-order chi connectivity index (χ0) is 11.5. The van der Waals surface area contributed by atoms with Gasteiger partial charge in [0.1, 0.15) is 5.60 Å². The number of hydrogen-bond acceptors (Lipinski definition) is 4. The molecule has 1 heterocycles. The van der Waals surface area contributed by atoms with Crippen molar-refractivity contribution in [3.8, 4) is 0 Å². The van der Waals surface area contributed by atoms with Gasteiger partial charge in [-0.05, 0) is 33.5 Å². The second kappa shape index (κ2) is 6.83. The van der Waals surface area contributed by atoms with Gasteiger partial charge in [-0.3, -0.25) is 5.10 Å². The average Bonchev–Trinajstić information content (AvgIpc) is 2.50. The number of rotatable bonds is 2. The molecule has 7 heteroatoms. The summed E-state index contributed by atoms with van der Waals surface area (Å²) in [5, 5.41) is 9.92. The number of carbonyl (C=O) groups excluding carboxylic acids is 1. The van der Waals surface area contributed by atoms with E-state index in [9.17, 15) is 4.79 Å². The van der Waals surface area contributed by atoms with Gasteiger partial charge in [0.2, 0.25) is 0 Å². The molecule has 0 spiro atoms. The van der Waals surface area contributed by atoms with Crippen LogP contribution in [0.25, 0.3) is 0 Å². The quantitative estimate of drug-likeness (QED) is 0.685. The first-order valence-corrected chi connectivity index (χ1v) is 4.68. The van der Waals surface area contributed by atoms with Crippen molar-refractivity contribution in [2.45, 2.75) is 39.3 Å². The number of ether oxygens (including phenoxy) is 1. The van der Waals surface area contributed by atoms with Crippen molar-refractivity contribution in [3.63, 3.8) is 0 Å². The molecule has 1 unspecified atom stereocenters. The van der Waals surface area contributed by atoms with E-state index in [4.69, 9.17) is 4.74 Å². The topological polar surface area (TPSA) is 78.2 Å². The van der Waals surface area contributed by atoms with Crippen LogP contribution in [-0.2, 0) is 4.74 Å². The summed E-state index contributed by atoms with van der Waals surface area (Å²) < 4.78 is 5.08. The Balaban J connectivity index is 0.00000225. The molecule has 0 saturated carbocycles. The van der Waals surface area contributed by atoms with Crippen LogP contribution in [0.4, 0.5) is 4.79 Å². The maximum absolute atomic E-state index is 11.4. The largest absolute Gasteiger partial charge is 1.00 e. The molecule has 0 fully saturated rings. The number of nitrogens with one attached hydrogen (secondary N) is 1. The summed E-state index contributed by atoms with van der Waals surface area (Å²) in [6, 6.07) is -0.303. The third kappa shape index (κ3) is 6.07. The zero-order valence-corrected chi connectivity index (χ0v) is 15.2. The van der Waals surface area contributed by atoms with Crippen LogP contribution in [0, 0.1) is 0 Å². The summed E-state index contributed by atoms with van der Waals surface area (Å²) in [7, 11) is 0. The average molecular weight is 297 g/mol. The maximum atomic E-state index is 11.4. The summed E-state index contributed by atoms with van der Waals surface area (Å²) >= 11 is 0. The van der Waals surface area contributed by atoms with Crippen molar-refractivity contribution in [2.24, 2.45) is 0 Å². The molecule has 84 valence electrons. The standard InChI is InChI=1S/C9H16N4O2.Rb/c1-6(7-10-5-11-13-7)12-8(14)15-9(2,3)4;/h5-6H,1-4H3,(H2,10,11,12,13,14);/q;+1/p-1. The van der Waals surface area contributed by atoms with Gasteiger partial charge >= 0.3 is 64.3 Å². The summed E-state index contributed by atoms with van der Waals surface area (Å²) in [6.07, 6.45) is 0.850. The van der Waals surface area contributed by atoms with E-state index in [1.807, 2.05) is 0 Å². The van der Waals surface area contributed by atoms with Crippen molar-refractivity contribution in [2.75, 3.05) is 0 Å². The van der Waals surface area contributed by atoms with Gasteiger partial charge in [-0.25, -0.2) is 4.79 Å². The van der Waals surface area contributed by atoms with Crippen LogP contribution in [-0.4, -0.2) is 21.8 Å². The zero-order valence-electron chi connectivity index (χ0n) is 10.3. The van der Waals surface area contributed by atoms with Crippen LogP contribution in [0.5, 0.6) is 0 Å². The van der Waals surface area contributed by atoms with Gasteiger partial charge in [-0.2, -0.15) is 0 Å². The van der Waals surface area contributed by atoms with Gasteiger partial charge in [0.05, 0.1) is 0 Å². The molecule has 1 amide bonds. The molecule has 6 nitrogen and oxygen atoms in total. The molecule has 0 bridgehead atoms. The van der Waals surface area contributed by atoms with Gasteiger partial charge in [-0.15, -0.1) is 0 Å². The number of hydrogen-bond donors (Lipinski definition) is 1. The molecule has 0 radical (unpaired) electrons. The van der Waals surface area contributed by atoms with Crippen molar-refractivity contribution in [3.05, 3.63) is 12.2 Å². The first-order valence-electron chi connectivity index (χ1n) is 4.68. The molecule has 0 aliphatic carbocycles. The summed E-state index contributed by atoms with van der Waals surface area (Å²) in [5.41, 5.74) is -0.505. The molecular weight excluding hydrogens is 282 g/mol. The molecule has 0 aromatic carbocycles. The molecule has 1 rings (SSSR count). The van der Waals surface area contributed by atoms with Crippen molar-refractivity contribution in [1.82, 2.24) is 20.5 Å². The number of amides is 1. The van der Waals surface area contributed by atoms with E-state index in [0.29, 0.717) is 5.82 Å². The predicted octanol–water partition coefficient (Wildman–Crippen LogP) is -1.98. The molecule has 0 aliphatic heterocycles. The Morgan fingerprint density at radius 1 is 1.56 bits per heavy atom. The van der Waals surface area contributed by atoms with Gasteiger partial charge < -0.3 is 20.1 Å². The summed E-state index contributed by atoms with van der Waals surface area (Å²) in [6.45, 7) is 7.17.